The zero-order valence-corrected chi connectivity index (χ0v) is 47.6. The summed E-state index contributed by atoms with van der Waals surface area (Å²) in [6, 6.07) is 0. The molecule has 1 aromatic carbocycles. The highest BCUT2D eigenvalue weighted by atomic mass is 35.5. The number of nitrogens with zero attached hydrogens (tertiary/aromatic N) is 1. The van der Waals surface area contributed by atoms with Gasteiger partial charge in [0.05, 0.1) is 25.9 Å². The molecule has 0 saturated carbocycles. The first-order chi connectivity index (χ1) is 34.0. The van der Waals surface area contributed by atoms with Crippen LogP contribution in [0.2, 0.25) is 0 Å². The van der Waals surface area contributed by atoms with Crippen molar-refractivity contribution in [3.63, 3.8) is 0 Å². The molecule has 1 aromatic rings. The second kappa shape index (κ2) is 58.2. The van der Waals surface area contributed by atoms with Crippen molar-refractivity contribution in [2.75, 3.05) is 136 Å². The first-order valence-electron chi connectivity index (χ1n) is 28.8. The number of methoxy groups -OCH3 is 1. The molecule has 0 radical (unpaired) electrons. The molecule has 0 fully saturated rings. The fourth-order valence-corrected chi connectivity index (χ4v) is 8.54. The Morgan fingerprint density at radius 1 is 0.408 bits per heavy atom. The van der Waals surface area contributed by atoms with Crippen molar-refractivity contribution in [3.8, 4) is 0 Å². The van der Waals surface area contributed by atoms with Crippen LogP contribution in [0, 0.1) is 0 Å². The number of unbranched alkanes of at least 4 members (excludes halogenated alkanes) is 23. The van der Waals surface area contributed by atoms with Crippen molar-refractivity contribution in [1.82, 2.24) is 10.2 Å². The summed E-state index contributed by atoms with van der Waals surface area (Å²) in [7, 11) is 1.67. The number of ether oxygens (including phenoxy) is 6. The summed E-state index contributed by atoms with van der Waals surface area (Å²) in [6.45, 7) is 16.7. The number of aliphatic hydroxyl groups excluding tert-OH is 1. The number of rotatable bonds is 59. The molecule has 13 nitrogen and oxygen atoms in total. The molecule has 0 bridgehead atoms. The van der Waals surface area contributed by atoms with E-state index in [2.05, 4.69) is 34.7 Å². The van der Waals surface area contributed by atoms with Crippen molar-refractivity contribution < 1.29 is 33.5 Å². The summed E-state index contributed by atoms with van der Waals surface area (Å²) in [5, 5.41) is 21.0. The highest BCUT2D eigenvalue weighted by Gasteiger charge is 2.22. The SMILES string of the molecule is CCCCCCCCCCCCCCNCCCCN(CCCCCCCCCCCCCC)CC(O)CNc1c(NCCOCCCOCCCOCCCOCCCOCCOC)c(=O)c1=O.Cl.Cl. The summed E-state index contributed by atoms with van der Waals surface area (Å²) < 4.78 is 33.0. The zero-order chi connectivity index (χ0) is 49.8. The highest BCUT2D eigenvalue weighted by Crippen LogP contribution is 2.16. The van der Waals surface area contributed by atoms with Gasteiger partial charge in [0.2, 0.25) is 0 Å². The number of anilines is 2. The molecule has 15 heteroatoms. The number of nitrogens with one attached hydrogen (secondary N) is 3. The lowest BCUT2D eigenvalue weighted by molar-refractivity contribution is 0.0408. The monoisotopic (exact) mass is 1050 g/mol. The molecule has 1 rings (SSSR count). The first-order valence-corrected chi connectivity index (χ1v) is 28.8. The summed E-state index contributed by atoms with van der Waals surface area (Å²) in [5.74, 6) is 0. The minimum Gasteiger partial charge on any atom is -0.390 e. The van der Waals surface area contributed by atoms with Crippen molar-refractivity contribution in [2.45, 2.75) is 213 Å². The summed E-state index contributed by atoms with van der Waals surface area (Å²) in [4.78, 5) is 27.3. The van der Waals surface area contributed by atoms with E-state index >= 15 is 0 Å². The molecule has 0 aliphatic rings. The van der Waals surface area contributed by atoms with E-state index in [1.807, 2.05) is 0 Å². The van der Waals surface area contributed by atoms with E-state index < -0.39 is 17.0 Å². The van der Waals surface area contributed by atoms with E-state index in [9.17, 15) is 14.7 Å². The first kappa shape index (κ1) is 72.0. The van der Waals surface area contributed by atoms with Gasteiger partial charge in [0.25, 0.3) is 10.9 Å². The van der Waals surface area contributed by atoms with E-state index in [-0.39, 0.29) is 42.7 Å². The lowest BCUT2D eigenvalue weighted by Crippen LogP contribution is -2.41. The maximum atomic E-state index is 12.5. The molecule has 0 aliphatic heterocycles. The van der Waals surface area contributed by atoms with Crippen LogP contribution in [0.1, 0.15) is 206 Å². The Balaban J connectivity index is 0. The predicted molar refractivity (Wildman–Crippen MR) is 304 cm³/mol. The van der Waals surface area contributed by atoms with Gasteiger partial charge in [-0.25, -0.2) is 0 Å². The molecular formula is C56H112Cl2N4O9. The lowest BCUT2D eigenvalue weighted by atomic mass is 10.1. The van der Waals surface area contributed by atoms with Crippen molar-refractivity contribution in [2.24, 2.45) is 0 Å². The molecule has 1 atom stereocenters. The smallest absolute Gasteiger partial charge is 0.253 e. The van der Waals surface area contributed by atoms with Gasteiger partial charge in [-0.15, -0.1) is 24.8 Å². The summed E-state index contributed by atoms with van der Waals surface area (Å²) >= 11 is 0. The van der Waals surface area contributed by atoms with Crippen LogP contribution in [-0.2, 0) is 28.4 Å². The molecule has 424 valence electrons. The van der Waals surface area contributed by atoms with Gasteiger partial charge in [-0.1, -0.05) is 155 Å². The number of hydrogen-bond acceptors (Lipinski definition) is 13. The summed E-state index contributed by atoms with van der Waals surface area (Å²) in [5.41, 5.74) is -0.489. The Morgan fingerprint density at radius 3 is 1.17 bits per heavy atom. The van der Waals surface area contributed by atoms with Gasteiger partial charge in [-0.3, -0.25) is 9.59 Å². The zero-order valence-electron chi connectivity index (χ0n) is 46.0. The molecular weight excluding hydrogens is 944 g/mol. The van der Waals surface area contributed by atoms with Crippen LogP contribution in [-0.4, -0.2) is 142 Å². The van der Waals surface area contributed by atoms with E-state index in [1.54, 1.807) is 7.11 Å². The normalized spacial score (nSPS) is 11.9. The fourth-order valence-electron chi connectivity index (χ4n) is 8.54. The largest absolute Gasteiger partial charge is 0.390 e. The van der Waals surface area contributed by atoms with E-state index in [0.29, 0.717) is 85.8 Å². The van der Waals surface area contributed by atoms with Gasteiger partial charge < -0.3 is 54.4 Å². The molecule has 0 spiro atoms. The van der Waals surface area contributed by atoms with Gasteiger partial charge in [0.1, 0.15) is 11.4 Å². The standard InChI is InChI=1S/C56H110N4O9.2ClH/c1-4-6-8-10-12-14-16-18-20-22-24-26-34-57-35-27-29-38-60(37-28-25-23-21-19-17-15-13-11-9-7-5-2)51-52(61)50-59-54-53(55(62)56(54)63)58-36-47-68-45-32-43-66-41-30-39-65-40-31-42-67-44-33-46-69-49-48-64-3;;/h52,57-59,61H,4-51H2,1-3H3;2*1H. The number of halogens is 2. The molecule has 0 saturated heterocycles. The Kier molecular flexibility index (Phi) is 59.0. The maximum absolute atomic E-state index is 12.5. The van der Waals surface area contributed by atoms with E-state index in [0.717, 1.165) is 71.1 Å². The molecule has 1 unspecified atom stereocenters. The molecule has 71 heavy (non-hydrogen) atoms. The summed E-state index contributed by atoms with van der Waals surface area (Å²) in [6.07, 6.45) is 37.4. The topological polar surface area (TPSA) is 149 Å². The third-order valence-corrected chi connectivity index (χ3v) is 12.8. The van der Waals surface area contributed by atoms with Crippen LogP contribution in [0.5, 0.6) is 0 Å². The van der Waals surface area contributed by atoms with E-state index in [4.69, 9.17) is 28.4 Å². The Labute approximate surface area is 447 Å². The third-order valence-electron chi connectivity index (χ3n) is 12.8. The molecule has 4 N–H and O–H groups in total. The average Bonchev–Trinajstić information content (AvgIpc) is 3.35. The van der Waals surface area contributed by atoms with Crippen LogP contribution < -0.4 is 26.8 Å². The van der Waals surface area contributed by atoms with Gasteiger partial charge >= 0.3 is 0 Å². The fraction of sp³-hybridized carbons (Fsp3) is 0.929. The minimum absolute atomic E-state index is 0. The number of aliphatic hydroxyl groups is 1. The highest BCUT2D eigenvalue weighted by molar-refractivity contribution is 5.85. The molecule has 0 amide bonds. The Bertz CT molecular complexity index is 1270. The third kappa shape index (κ3) is 47.1. The minimum atomic E-state index is -0.653. The van der Waals surface area contributed by atoms with Gasteiger partial charge in [-0.05, 0) is 77.5 Å². The van der Waals surface area contributed by atoms with Crippen LogP contribution in [0.3, 0.4) is 0 Å². The van der Waals surface area contributed by atoms with Gasteiger partial charge in [0.15, 0.2) is 0 Å². The van der Waals surface area contributed by atoms with Crippen molar-refractivity contribution in [3.05, 3.63) is 20.4 Å². The second-order valence-electron chi connectivity index (χ2n) is 19.4. The predicted octanol–water partition coefficient (Wildman–Crippen LogP) is 11.7. The van der Waals surface area contributed by atoms with Crippen LogP contribution >= 0.6 is 24.8 Å². The van der Waals surface area contributed by atoms with Crippen LogP contribution in [0.15, 0.2) is 9.59 Å². The van der Waals surface area contributed by atoms with E-state index in [1.165, 1.54) is 148 Å². The van der Waals surface area contributed by atoms with Crippen molar-refractivity contribution >= 4 is 36.2 Å². The average molecular weight is 1060 g/mol. The second-order valence-corrected chi connectivity index (χ2v) is 19.4. The quantitative estimate of drug-likeness (QED) is 0.0363. The lowest BCUT2D eigenvalue weighted by Gasteiger charge is -2.26. The Hall–Kier alpha value is -1.10. The van der Waals surface area contributed by atoms with Crippen molar-refractivity contribution in [1.29, 1.82) is 0 Å². The molecule has 0 aromatic heterocycles. The molecule has 0 heterocycles. The van der Waals surface area contributed by atoms with Gasteiger partial charge in [-0.2, -0.15) is 0 Å². The number of hydrogen-bond donors (Lipinski definition) is 4. The van der Waals surface area contributed by atoms with Gasteiger partial charge in [0, 0.05) is 79.6 Å². The van der Waals surface area contributed by atoms with Crippen LogP contribution in [0.25, 0.3) is 0 Å². The molecule has 0 aliphatic carbocycles. The maximum Gasteiger partial charge on any atom is 0.253 e. The Morgan fingerprint density at radius 2 is 0.746 bits per heavy atom. The van der Waals surface area contributed by atoms with Crippen LogP contribution in [0.4, 0.5) is 11.4 Å².